The van der Waals surface area contributed by atoms with Gasteiger partial charge in [0.15, 0.2) is 11.0 Å². The lowest BCUT2D eigenvalue weighted by molar-refractivity contribution is 1.26. The van der Waals surface area contributed by atoms with Gasteiger partial charge in [0.2, 0.25) is 0 Å². The minimum atomic E-state index is 0.408. The summed E-state index contributed by atoms with van der Waals surface area (Å²) >= 11 is 5.92. The van der Waals surface area contributed by atoms with Crippen molar-refractivity contribution in [2.24, 2.45) is 0 Å². The molecule has 3 nitrogen and oxygen atoms in total. The summed E-state index contributed by atoms with van der Waals surface area (Å²) in [7, 11) is 1.77. The maximum Gasteiger partial charge on any atom is 0.172 e. The fraction of sp³-hybridized carbons (Fsp3) is 0.200. The zero-order chi connectivity index (χ0) is 10.1. The molecule has 1 N–H and O–H groups in total. The lowest BCUT2D eigenvalue weighted by Crippen LogP contribution is -1.96. The van der Waals surface area contributed by atoms with Crippen LogP contribution in [0.4, 0.5) is 5.82 Å². The molecule has 0 aliphatic heterocycles. The number of nitrogens with zero attached hydrogens (tertiary/aromatic N) is 2. The molecule has 4 heteroatoms. The fourth-order valence-corrected chi connectivity index (χ4v) is 1.53. The minimum absolute atomic E-state index is 0.408. The van der Waals surface area contributed by atoms with Crippen LogP contribution >= 0.6 is 11.6 Å². The highest BCUT2D eigenvalue weighted by atomic mass is 35.5. The number of aromatic nitrogens is 2. The molecule has 1 aromatic heterocycles. The summed E-state index contributed by atoms with van der Waals surface area (Å²) in [5, 5.41) is 3.30. The molecule has 0 amide bonds. The second-order valence-corrected chi connectivity index (χ2v) is 3.46. The van der Waals surface area contributed by atoms with Crippen LogP contribution in [0.5, 0.6) is 0 Å². The van der Waals surface area contributed by atoms with E-state index in [4.69, 9.17) is 11.6 Å². The van der Waals surface area contributed by atoms with Gasteiger partial charge in [-0.2, -0.15) is 0 Å². The van der Waals surface area contributed by atoms with Crippen LogP contribution in [0.2, 0.25) is 5.15 Å². The van der Waals surface area contributed by atoms with Crippen molar-refractivity contribution in [3.05, 3.63) is 28.9 Å². The maximum atomic E-state index is 5.92. The van der Waals surface area contributed by atoms with Gasteiger partial charge in [-0.15, -0.1) is 0 Å². The van der Waals surface area contributed by atoms with E-state index in [0.717, 1.165) is 16.6 Å². The lowest BCUT2D eigenvalue weighted by Gasteiger charge is -2.04. The molecule has 0 aliphatic carbocycles. The molecule has 1 heterocycles. The summed E-state index contributed by atoms with van der Waals surface area (Å²) in [5.41, 5.74) is 2.83. The Labute approximate surface area is 87.1 Å². The summed E-state index contributed by atoms with van der Waals surface area (Å²) in [4.78, 5) is 8.58. The molecular formula is C10H10ClN3. The van der Waals surface area contributed by atoms with Crippen LogP contribution in [0.3, 0.4) is 0 Å². The Kier molecular flexibility index (Phi) is 2.25. The topological polar surface area (TPSA) is 37.8 Å². The number of aryl methyl sites for hydroxylation is 1. The summed E-state index contributed by atoms with van der Waals surface area (Å²) in [6, 6.07) is 5.91. The number of halogens is 1. The van der Waals surface area contributed by atoms with Crippen molar-refractivity contribution < 1.29 is 0 Å². The Bertz CT molecular complexity index is 482. The molecule has 0 unspecified atom stereocenters. The van der Waals surface area contributed by atoms with Gasteiger partial charge in [0.1, 0.15) is 0 Å². The van der Waals surface area contributed by atoms with Crippen LogP contribution in [0.25, 0.3) is 11.0 Å². The molecule has 2 aromatic rings. The van der Waals surface area contributed by atoms with Gasteiger partial charge in [-0.1, -0.05) is 17.7 Å². The SMILES string of the molecule is CNc1nc2ccc(C)cc2nc1Cl. The average molecular weight is 208 g/mol. The van der Waals surface area contributed by atoms with E-state index >= 15 is 0 Å². The van der Waals surface area contributed by atoms with E-state index in [1.54, 1.807) is 7.05 Å². The Balaban J connectivity index is 2.73. The minimum Gasteiger partial charge on any atom is -0.371 e. The summed E-state index contributed by atoms with van der Waals surface area (Å²) in [5.74, 6) is 0.614. The van der Waals surface area contributed by atoms with Crippen molar-refractivity contribution in [1.82, 2.24) is 9.97 Å². The highest BCUT2D eigenvalue weighted by molar-refractivity contribution is 6.32. The predicted octanol–water partition coefficient (Wildman–Crippen LogP) is 2.63. The Morgan fingerprint density at radius 3 is 2.71 bits per heavy atom. The molecule has 0 saturated heterocycles. The summed E-state index contributed by atoms with van der Waals surface area (Å²) < 4.78 is 0. The zero-order valence-corrected chi connectivity index (χ0v) is 8.76. The third-order valence-corrected chi connectivity index (χ3v) is 2.28. The molecule has 0 fully saturated rings. The summed E-state index contributed by atoms with van der Waals surface area (Å²) in [6.45, 7) is 2.01. The van der Waals surface area contributed by atoms with Gasteiger partial charge in [0.05, 0.1) is 11.0 Å². The van der Waals surface area contributed by atoms with Gasteiger partial charge in [0.25, 0.3) is 0 Å². The van der Waals surface area contributed by atoms with Crippen molar-refractivity contribution in [2.75, 3.05) is 12.4 Å². The first kappa shape index (κ1) is 9.21. The number of anilines is 1. The molecule has 0 radical (unpaired) electrons. The summed E-state index contributed by atoms with van der Waals surface area (Å²) in [6.07, 6.45) is 0. The second kappa shape index (κ2) is 3.42. The van der Waals surface area contributed by atoms with Crippen LogP contribution in [0, 0.1) is 6.92 Å². The first-order valence-corrected chi connectivity index (χ1v) is 4.70. The third kappa shape index (κ3) is 1.51. The van der Waals surface area contributed by atoms with E-state index in [9.17, 15) is 0 Å². The monoisotopic (exact) mass is 207 g/mol. The molecule has 0 aliphatic rings. The quantitative estimate of drug-likeness (QED) is 0.781. The van der Waals surface area contributed by atoms with Gasteiger partial charge in [0, 0.05) is 7.05 Å². The Hall–Kier alpha value is -1.35. The predicted molar refractivity (Wildman–Crippen MR) is 58.8 cm³/mol. The average Bonchev–Trinajstić information content (AvgIpc) is 2.16. The molecular weight excluding hydrogens is 198 g/mol. The highest BCUT2D eigenvalue weighted by Gasteiger charge is 2.04. The van der Waals surface area contributed by atoms with E-state index < -0.39 is 0 Å². The zero-order valence-electron chi connectivity index (χ0n) is 8.00. The highest BCUT2D eigenvalue weighted by Crippen LogP contribution is 2.21. The van der Waals surface area contributed by atoms with Crippen LogP contribution < -0.4 is 5.32 Å². The molecule has 0 atom stereocenters. The Morgan fingerprint density at radius 2 is 2.00 bits per heavy atom. The molecule has 14 heavy (non-hydrogen) atoms. The van der Waals surface area contributed by atoms with E-state index in [-0.39, 0.29) is 0 Å². The van der Waals surface area contributed by atoms with Crippen LogP contribution in [-0.2, 0) is 0 Å². The first-order valence-electron chi connectivity index (χ1n) is 4.32. The largest absolute Gasteiger partial charge is 0.371 e. The van der Waals surface area contributed by atoms with Crippen molar-refractivity contribution in [3.8, 4) is 0 Å². The first-order chi connectivity index (χ1) is 6.70. The molecule has 1 aromatic carbocycles. The van der Waals surface area contributed by atoms with Crippen LogP contribution in [0.15, 0.2) is 18.2 Å². The number of nitrogens with one attached hydrogen (secondary N) is 1. The third-order valence-electron chi connectivity index (χ3n) is 2.01. The van der Waals surface area contributed by atoms with Crippen molar-refractivity contribution >= 4 is 28.5 Å². The number of rotatable bonds is 1. The van der Waals surface area contributed by atoms with E-state index in [1.807, 2.05) is 25.1 Å². The second-order valence-electron chi connectivity index (χ2n) is 3.11. The van der Waals surface area contributed by atoms with Gasteiger partial charge >= 0.3 is 0 Å². The molecule has 2 rings (SSSR count). The lowest BCUT2D eigenvalue weighted by atomic mass is 10.2. The number of hydrogen-bond donors (Lipinski definition) is 1. The van der Waals surface area contributed by atoms with Gasteiger partial charge in [-0.3, -0.25) is 0 Å². The standard InChI is InChI=1S/C10H10ClN3/c1-6-3-4-7-8(5-6)13-9(11)10(12-2)14-7/h3-5H,1-2H3,(H,12,14). The smallest absolute Gasteiger partial charge is 0.172 e. The van der Waals surface area contributed by atoms with Crippen molar-refractivity contribution in [2.45, 2.75) is 6.92 Å². The van der Waals surface area contributed by atoms with E-state index in [2.05, 4.69) is 15.3 Å². The van der Waals surface area contributed by atoms with Crippen LogP contribution in [0.1, 0.15) is 5.56 Å². The van der Waals surface area contributed by atoms with Crippen molar-refractivity contribution in [1.29, 1.82) is 0 Å². The molecule has 0 saturated carbocycles. The normalized spacial score (nSPS) is 10.5. The maximum absolute atomic E-state index is 5.92. The number of hydrogen-bond acceptors (Lipinski definition) is 3. The molecule has 0 spiro atoms. The van der Waals surface area contributed by atoms with Crippen molar-refractivity contribution in [3.63, 3.8) is 0 Å². The number of fused-ring (bicyclic) bond motifs is 1. The molecule has 0 bridgehead atoms. The van der Waals surface area contributed by atoms with E-state index in [1.165, 1.54) is 0 Å². The van der Waals surface area contributed by atoms with Gasteiger partial charge < -0.3 is 5.32 Å². The Morgan fingerprint density at radius 1 is 1.21 bits per heavy atom. The van der Waals surface area contributed by atoms with E-state index in [0.29, 0.717) is 11.0 Å². The van der Waals surface area contributed by atoms with Gasteiger partial charge in [-0.05, 0) is 24.6 Å². The fourth-order valence-electron chi connectivity index (χ4n) is 1.30. The van der Waals surface area contributed by atoms with Crippen LogP contribution in [-0.4, -0.2) is 17.0 Å². The number of benzene rings is 1. The van der Waals surface area contributed by atoms with Gasteiger partial charge in [-0.25, -0.2) is 9.97 Å². The molecule has 72 valence electrons.